The van der Waals surface area contributed by atoms with Crippen LogP contribution in [0.5, 0.6) is 17.2 Å². The van der Waals surface area contributed by atoms with Gasteiger partial charge >= 0.3 is 24.2 Å². The Kier molecular flexibility index (Phi) is 14.2. The van der Waals surface area contributed by atoms with E-state index in [2.05, 4.69) is 4.90 Å². The van der Waals surface area contributed by atoms with Crippen LogP contribution in [0.15, 0.2) is 73.1 Å². The molecule has 13 nitrogen and oxygen atoms in total. The number of carbonyl (C=O) groups excluding carboxylic acids is 2. The third-order valence-corrected chi connectivity index (χ3v) is 10.5. The number of hydrogen-bond acceptors (Lipinski definition) is 10. The Bertz CT molecular complexity index is 2090. The Labute approximate surface area is 341 Å². The van der Waals surface area contributed by atoms with Crippen molar-refractivity contribution in [1.29, 1.82) is 0 Å². The second kappa shape index (κ2) is 18.9. The summed E-state index contributed by atoms with van der Waals surface area (Å²) in [6.07, 6.45) is -2.22. The van der Waals surface area contributed by atoms with Crippen molar-refractivity contribution >= 4 is 46.9 Å². The normalized spacial score (nSPS) is 17.6. The first-order chi connectivity index (χ1) is 27.5. The number of aliphatic carboxylic acids is 1. The molecule has 3 saturated heterocycles. The number of aryl methyl sites for hydroxylation is 1. The number of esters is 1. The first-order valence-corrected chi connectivity index (χ1v) is 18.6. The second-order valence-corrected chi connectivity index (χ2v) is 14.4. The molecule has 3 aromatic carbocycles. The number of hydrogen-bond donors (Lipinski definition) is 2. The predicted octanol–water partition coefficient (Wildman–Crippen LogP) is 7.67. The van der Waals surface area contributed by atoms with Crippen molar-refractivity contribution in [2.75, 3.05) is 38.8 Å². The van der Waals surface area contributed by atoms with Crippen molar-refractivity contribution in [3.05, 3.63) is 116 Å². The number of carboxylic acid groups (broad SMARTS) is 1. The summed E-state index contributed by atoms with van der Waals surface area (Å²) in [6.45, 7) is 4.76. The van der Waals surface area contributed by atoms with E-state index in [9.17, 15) is 33.1 Å². The molecule has 2 bridgehead atoms. The van der Waals surface area contributed by atoms with E-state index in [1.807, 2.05) is 6.92 Å². The molecular weight excluding hydrogens is 810 g/mol. The van der Waals surface area contributed by atoms with E-state index in [0.29, 0.717) is 45.5 Å². The third kappa shape index (κ3) is 10.9. The molecule has 2 N–H and O–H groups in total. The van der Waals surface area contributed by atoms with Crippen LogP contribution < -0.4 is 19.1 Å². The summed E-state index contributed by atoms with van der Waals surface area (Å²) >= 11 is 12.8. The highest BCUT2D eigenvalue weighted by molar-refractivity contribution is 6.35. The molecule has 4 aromatic rings. The molecule has 0 saturated carbocycles. The SMILES string of the molecule is COc1ccc([C@H](Cc2c(Cl)c[n+]([O-])cc2Cl)OC(=O)c2ccc(CN(C(=O)O[C@H]3CN4CCC3CC4)c3cc(O)ccc3C)cc2)cc1OC.O=C(O)C(F)(F)F. The number of amides is 1. The van der Waals surface area contributed by atoms with Gasteiger partial charge in [-0.05, 0) is 85.8 Å². The minimum atomic E-state index is -5.08. The van der Waals surface area contributed by atoms with Crippen LogP contribution in [0.2, 0.25) is 10.0 Å². The minimum Gasteiger partial charge on any atom is -0.619 e. The number of carbonyl (C=O) groups is 3. The van der Waals surface area contributed by atoms with Crippen molar-refractivity contribution in [3.8, 4) is 17.2 Å². The Morgan fingerprint density at radius 1 is 0.966 bits per heavy atom. The van der Waals surface area contributed by atoms with E-state index in [1.54, 1.807) is 60.7 Å². The number of aromatic nitrogens is 1. The number of pyridine rings is 1. The van der Waals surface area contributed by atoms with E-state index in [4.69, 9.17) is 52.1 Å². The number of phenolic OH excluding ortho intramolecular Hbond substituents is 1. The molecule has 2 atom stereocenters. The number of halogens is 5. The van der Waals surface area contributed by atoms with Crippen molar-refractivity contribution in [3.63, 3.8) is 0 Å². The summed E-state index contributed by atoms with van der Waals surface area (Å²) in [5, 5.41) is 29.6. The van der Waals surface area contributed by atoms with Gasteiger partial charge in [0, 0.05) is 24.6 Å². The number of benzene rings is 3. The number of phenols is 1. The van der Waals surface area contributed by atoms with Gasteiger partial charge in [0.05, 0.1) is 32.0 Å². The Morgan fingerprint density at radius 2 is 1.59 bits per heavy atom. The molecule has 0 aliphatic carbocycles. The maximum absolute atomic E-state index is 13.8. The van der Waals surface area contributed by atoms with Gasteiger partial charge in [0.2, 0.25) is 0 Å². The van der Waals surface area contributed by atoms with Gasteiger partial charge in [0.1, 0.15) is 28.0 Å². The molecular formula is C40H40Cl2F3N3O10. The summed E-state index contributed by atoms with van der Waals surface area (Å²) < 4.78 is 55.2. The molecule has 58 heavy (non-hydrogen) atoms. The number of aromatic hydroxyl groups is 1. The van der Waals surface area contributed by atoms with Gasteiger partial charge in [-0.25, -0.2) is 14.4 Å². The number of rotatable bonds is 11. The van der Waals surface area contributed by atoms with Gasteiger partial charge in [-0.1, -0.05) is 47.5 Å². The van der Waals surface area contributed by atoms with Crippen molar-refractivity contribution in [2.24, 2.45) is 5.92 Å². The highest BCUT2D eigenvalue weighted by Gasteiger charge is 2.39. The largest absolute Gasteiger partial charge is 0.619 e. The standard InChI is InChI=1S/C38H39Cl2N3O8.C2HF3O2/c1-23-4-10-28(44)17-32(23)43(38(46)51-36-22-41-14-12-25(36)13-15-41)19-24-5-7-26(8-6-24)37(45)50-34(18-29-30(39)20-42(47)21-31(29)40)27-9-11-33(48-2)35(16-27)49-3;3-2(4,5)1(6)7/h4-11,16-17,20-21,25,34,36,44H,12-15,18-19,22H2,1-3H3;(H,6,7)/t34-,36-;/m0./s1. The molecule has 18 heteroatoms. The number of ether oxygens (including phenoxy) is 4. The highest BCUT2D eigenvalue weighted by Crippen LogP contribution is 2.36. The second-order valence-electron chi connectivity index (χ2n) is 13.6. The predicted molar refractivity (Wildman–Crippen MR) is 205 cm³/mol. The van der Waals surface area contributed by atoms with Crippen LogP contribution in [0.4, 0.5) is 23.7 Å². The summed E-state index contributed by atoms with van der Waals surface area (Å²) in [5.41, 5.74) is 3.34. The Morgan fingerprint density at radius 3 is 2.14 bits per heavy atom. The quantitative estimate of drug-likeness (QED) is 0.0866. The number of nitrogens with zero attached hydrogens (tertiary/aromatic N) is 3. The lowest BCUT2D eigenvalue weighted by molar-refractivity contribution is -0.605. The van der Waals surface area contributed by atoms with Gasteiger partial charge in [-0.3, -0.25) is 9.80 Å². The molecule has 3 aliphatic heterocycles. The summed E-state index contributed by atoms with van der Waals surface area (Å²) in [6, 6.07) is 16.8. The Hall–Kier alpha value is -5.45. The lowest BCUT2D eigenvalue weighted by atomic mass is 9.86. The highest BCUT2D eigenvalue weighted by atomic mass is 35.5. The average molecular weight is 851 g/mol. The van der Waals surface area contributed by atoms with Gasteiger partial charge in [-0.15, -0.1) is 0 Å². The van der Waals surface area contributed by atoms with Gasteiger partial charge in [0.25, 0.3) is 0 Å². The maximum atomic E-state index is 13.8. The van der Waals surface area contributed by atoms with Crippen molar-refractivity contribution in [2.45, 2.75) is 51.1 Å². The first kappa shape index (κ1) is 43.7. The third-order valence-electron chi connectivity index (χ3n) is 9.80. The molecule has 3 aliphatic rings. The number of methoxy groups -OCH3 is 2. The summed E-state index contributed by atoms with van der Waals surface area (Å²) in [4.78, 5) is 40.1. The average Bonchev–Trinajstić information content (AvgIpc) is 3.19. The smallest absolute Gasteiger partial charge is 0.490 e. The molecule has 1 aromatic heterocycles. The fourth-order valence-electron chi connectivity index (χ4n) is 6.69. The van der Waals surface area contributed by atoms with Crippen LogP contribution in [0.3, 0.4) is 0 Å². The summed E-state index contributed by atoms with van der Waals surface area (Å²) in [7, 11) is 3.02. The van der Waals surface area contributed by atoms with Crippen molar-refractivity contribution < 1.29 is 61.4 Å². The van der Waals surface area contributed by atoms with Crippen LogP contribution in [0.1, 0.15) is 51.6 Å². The molecule has 7 rings (SSSR count). The molecule has 0 spiro atoms. The van der Waals surface area contributed by atoms with Gasteiger partial charge < -0.3 is 34.4 Å². The zero-order valence-electron chi connectivity index (χ0n) is 31.5. The first-order valence-electron chi connectivity index (χ1n) is 17.9. The van der Waals surface area contributed by atoms with Crippen molar-refractivity contribution in [1.82, 2.24) is 4.90 Å². The number of carboxylic acids is 1. The topological polar surface area (TPSA) is 162 Å². The maximum Gasteiger partial charge on any atom is 0.490 e. The van der Waals surface area contributed by atoms with Crippen LogP contribution in [0.25, 0.3) is 0 Å². The minimum absolute atomic E-state index is 0.0312. The zero-order chi connectivity index (χ0) is 42.3. The fourth-order valence-corrected chi connectivity index (χ4v) is 7.29. The van der Waals surface area contributed by atoms with Crippen LogP contribution in [0, 0.1) is 18.0 Å². The molecule has 0 unspecified atom stereocenters. The fraction of sp³-hybridized carbons (Fsp3) is 0.350. The molecule has 1 amide bonds. The van der Waals surface area contributed by atoms with E-state index >= 15 is 0 Å². The molecule has 0 radical (unpaired) electrons. The number of piperidine rings is 3. The monoisotopic (exact) mass is 849 g/mol. The number of anilines is 1. The zero-order valence-corrected chi connectivity index (χ0v) is 33.0. The van der Waals surface area contributed by atoms with Crippen LogP contribution in [-0.2, 0) is 27.2 Å². The van der Waals surface area contributed by atoms with E-state index in [1.165, 1.54) is 31.5 Å². The van der Waals surface area contributed by atoms with E-state index < -0.39 is 30.3 Å². The number of alkyl halides is 3. The van der Waals surface area contributed by atoms with E-state index in [-0.39, 0.29) is 40.4 Å². The molecule has 4 heterocycles. The number of fused-ring (bicyclic) bond motifs is 3. The molecule has 3 fully saturated rings. The van der Waals surface area contributed by atoms with E-state index in [0.717, 1.165) is 37.1 Å². The lowest BCUT2D eigenvalue weighted by Crippen LogP contribution is -2.53. The van der Waals surface area contributed by atoms with Gasteiger partial charge in [0.15, 0.2) is 23.9 Å². The van der Waals surface area contributed by atoms with Crippen LogP contribution >= 0.6 is 23.2 Å². The Balaban J connectivity index is 0.000000839. The lowest BCUT2D eigenvalue weighted by Gasteiger charge is -2.44. The summed E-state index contributed by atoms with van der Waals surface area (Å²) in [5.74, 6) is -2.09. The molecule has 310 valence electrons. The van der Waals surface area contributed by atoms with Gasteiger partial charge in [-0.2, -0.15) is 17.9 Å². The van der Waals surface area contributed by atoms with Crippen LogP contribution in [-0.4, -0.2) is 79.3 Å².